The third-order valence-corrected chi connectivity index (χ3v) is 11.4. The van der Waals surface area contributed by atoms with Crippen molar-refractivity contribution in [1.29, 1.82) is 0 Å². The third-order valence-electron chi connectivity index (χ3n) is 6.39. The van der Waals surface area contributed by atoms with Gasteiger partial charge in [-0.1, -0.05) is 81.4 Å². The molecule has 2 heterocycles. The predicted molar refractivity (Wildman–Crippen MR) is 123 cm³/mol. The van der Waals surface area contributed by atoms with E-state index in [1.54, 1.807) is 0 Å². The lowest BCUT2D eigenvalue weighted by Gasteiger charge is -2.43. The van der Waals surface area contributed by atoms with Gasteiger partial charge in [0.15, 0.2) is 12.1 Å². The number of aliphatic hydroxyl groups excluding tert-OH is 1. The molecule has 0 amide bonds. The minimum absolute atomic E-state index is 0.0324. The molecule has 0 saturated carbocycles. The van der Waals surface area contributed by atoms with Crippen LogP contribution in [0.5, 0.6) is 0 Å². The Morgan fingerprint density at radius 1 is 0.935 bits per heavy atom. The van der Waals surface area contributed by atoms with Gasteiger partial charge in [-0.2, -0.15) is 0 Å². The molecular formula is C25H34O5Si. The molecule has 2 aromatic carbocycles. The zero-order valence-corrected chi connectivity index (χ0v) is 20.1. The summed E-state index contributed by atoms with van der Waals surface area (Å²) < 4.78 is 25.1. The monoisotopic (exact) mass is 442 g/mol. The first-order valence-corrected chi connectivity index (χ1v) is 13.0. The van der Waals surface area contributed by atoms with Gasteiger partial charge in [-0.25, -0.2) is 0 Å². The van der Waals surface area contributed by atoms with E-state index in [0.717, 1.165) is 0 Å². The molecule has 6 heteroatoms. The van der Waals surface area contributed by atoms with E-state index in [9.17, 15) is 5.11 Å². The highest BCUT2D eigenvalue weighted by molar-refractivity contribution is 6.99. The van der Waals surface area contributed by atoms with Crippen molar-refractivity contribution in [2.45, 2.75) is 63.9 Å². The number of ether oxygens (including phenoxy) is 3. The van der Waals surface area contributed by atoms with Crippen molar-refractivity contribution >= 4 is 18.7 Å². The zero-order valence-electron chi connectivity index (χ0n) is 19.1. The molecule has 2 fully saturated rings. The van der Waals surface area contributed by atoms with Crippen molar-refractivity contribution in [3.05, 3.63) is 60.7 Å². The van der Waals surface area contributed by atoms with Gasteiger partial charge in [-0.05, 0) is 29.3 Å². The molecule has 2 aliphatic rings. The lowest BCUT2D eigenvalue weighted by atomic mass is 10.0. The molecule has 0 radical (unpaired) electrons. The minimum atomic E-state index is -2.67. The molecule has 0 aromatic heterocycles. The second-order valence-electron chi connectivity index (χ2n) is 9.96. The topological polar surface area (TPSA) is 57.2 Å². The molecular weight excluding hydrogens is 408 g/mol. The normalized spacial score (nSPS) is 27.9. The van der Waals surface area contributed by atoms with E-state index < -0.39 is 20.4 Å². The molecule has 1 N–H and O–H groups in total. The highest BCUT2D eigenvalue weighted by Gasteiger charge is 2.56. The minimum Gasteiger partial charge on any atom is -0.405 e. The van der Waals surface area contributed by atoms with Crippen molar-refractivity contribution in [3.8, 4) is 0 Å². The zero-order chi connectivity index (χ0) is 22.3. The van der Waals surface area contributed by atoms with Crippen molar-refractivity contribution in [1.82, 2.24) is 0 Å². The maximum atomic E-state index is 10.1. The fourth-order valence-electron chi connectivity index (χ4n) is 4.99. The molecule has 0 unspecified atom stereocenters. The number of hydrogen-bond acceptors (Lipinski definition) is 5. The second-order valence-corrected chi connectivity index (χ2v) is 14.3. The quantitative estimate of drug-likeness (QED) is 0.697. The Hall–Kier alpha value is -1.54. The summed E-state index contributed by atoms with van der Waals surface area (Å²) in [6.45, 7) is 10.8. The molecule has 5 nitrogen and oxygen atoms in total. The fourth-order valence-corrected chi connectivity index (χ4v) is 9.56. The molecule has 4 rings (SSSR count). The average molecular weight is 443 g/mol. The molecule has 2 saturated heterocycles. The van der Waals surface area contributed by atoms with Crippen molar-refractivity contribution in [2.24, 2.45) is 5.92 Å². The van der Waals surface area contributed by atoms with Gasteiger partial charge in [0.25, 0.3) is 8.32 Å². The fraction of sp³-hybridized carbons (Fsp3) is 0.520. The van der Waals surface area contributed by atoms with Gasteiger partial charge in [-0.15, -0.1) is 0 Å². The van der Waals surface area contributed by atoms with E-state index in [1.165, 1.54) is 10.4 Å². The lowest BCUT2D eigenvalue weighted by molar-refractivity contribution is -0.214. The first kappa shape index (κ1) is 22.6. The van der Waals surface area contributed by atoms with Crippen molar-refractivity contribution in [3.63, 3.8) is 0 Å². The van der Waals surface area contributed by atoms with E-state index in [0.29, 0.717) is 6.61 Å². The van der Waals surface area contributed by atoms with Crippen LogP contribution in [0.1, 0.15) is 34.6 Å². The molecule has 2 aliphatic heterocycles. The standard InChI is InChI=1S/C25H34O5Si/c1-24(2,3)31(18-12-8-6-9-13-18,19-14-10-7-11-15-19)27-17-21-20(16-26)22-23(28-21)30-25(4,5)29-22/h6-15,20-23,26H,16-17H2,1-5H3/t20-,21-,22-,23-/m1/s1. The predicted octanol–water partition coefficient (Wildman–Crippen LogP) is 3.05. The largest absolute Gasteiger partial charge is 0.405 e. The van der Waals surface area contributed by atoms with E-state index in [2.05, 4.69) is 69.3 Å². The Morgan fingerprint density at radius 3 is 1.97 bits per heavy atom. The molecule has 2 aromatic rings. The van der Waals surface area contributed by atoms with Crippen LogP contribution >= 0.6 is 0 Å². The summed E-state index contributed by atoms with van der Waals surface area (Å²) in [6.07, 6.45) is -1.05. The Balaban J connectivity index is 1.67. The molecule has 31 heavy (non-hydrogen) atoms. The number of rotatable bonds is 6. The molecule has 4 atom stereocenters. The van der Waals surface area contributed by atoms with Crippen LogP contribution in [0.25, 0.3) is 0 Å². The molecule has 168 valence electrons. The van der Waals surface area contributed by atoms with Crippen LogP contribution in [0.2, 0.25) is 5.04 Å². The van der Waals surface area contributed by atoms with E-state index in [1.807, 2.05) is 26.0 Å². The van der Waals surface area contributed by atoms with Crippen molar-refractivity contribution < 1.29 is 23.7 Å². The van der Waals surface area contributed by atoms with Crippen LogP contribution in [-0.2, 0) is 18.6 Å². The van der Waals surface area contributed by atoms with E-state index >= 15 is 0 Å². The number of fused-ring (bicyclic) bond motifs is 1. The number of aliphatic hydroxyl groups is 1. The van der Waals surface area contributed by atoms with Gasteiger partial charge < -0.3 is 23.7 Å². The summed E-state index contributed by atoms with van der Waals surface area (Å²) in [5.74, 6) is -0.892. The Labute approximate surface area is 186 Å². The Morgan fingerprint density at radius 2 is 1.48 bits per heavy atom. The van der Waals surface area contributed by atoms with Crippen LogP contribution in [0.3, 0.4) is 0 Å². The molecule has 0 spiro atoms. The van der Waals surface area contributed by atoms with Crippen LogP contribution in [0, 0.1) is 5.92 Å². The summed E-state index contributed by atoms with van der Waals surface area (Å²) in [4.78, 5) is 0. The lowest BCUT2D eigenvalue weighted by Crippen LogP contribution is -2.67. The van der Waals surface area contributed by atoms with Gasteiger partial charge in [0.2, 0.25) is 0 Å². The van der Waals surface area contributed by atoms with Crippen LogP contribution in [0.4, 0.5) is 0 Å². The summed E-state index contributed by atoms with van der Waals surface area (Å²) >= 11 is 0. The second kappa shape index (κ2) is 8.43. The van der Waals surface area contributed by atoms with Gasteiger partial charge in [0.1, 0.15) is 6.10 Å². The first-order chi connectivity index (χ1) is 14.7. The van der Waals surface area contributed by atoms with Gasteiger partial charge in [0, 0.05) is 5.92 Å². The highest BCUT2D eigenvalue weighted by Crippen LogP contribution is 2.42. The number of hydrogen-bond donors (Lipinski definition) is 1. The summed E-state index contributed by atoms with van der Waals surface area (Å²) in [6, 6.07) is 21.1. The smallest absolute Gasteiger partial charge is 0.261 e. The average Bonchev–Trinajstić information content (AvgIpc) is 3.19. The third kappa shape index (κ3) is 4.13. The van der Waals surface area contributed by atoms with Crippen LogP contribution < -0.4 is 10.4 Å². The van der Waals surface area contributed by atoms with Crippen molar-refractivity contribution in [2.75, 3.05) is 13.2 Å². The van der Waals surface area contributed by atoms with Crippen LogP contribution in [-0.4, -0.2) is 50.9 Å². The first-order valence-electron chi connectivity index (χ1n) is 11.0. The summed E-state index contributed by atoms with van der Waals surface area (Å²) in [7, 11) is -2.67. The van der Waals surface area contributed by atoms with E-state index in [-0.39, 0.29) is 29.8 Å². The molecule has 0 aliphatic carbocycles. The Bertz CT molecular complexity index is 825. The number of benzene rings is 2. The van der Waals surface area contributed by atoms with Crippen LogP contribution in [0.15, 0.2) is 60.7 Å². The SMILES string of the molecule is CC1(C)O[C@H]2O[C@H](CO[Si](c3ccccc3)(c3ccccc3)C(C)(C)C)[C@@H](CO)[C@H]2O1. The summed E-state index contributed by atoms with van der Waals surface area (Å²) in [5, 5.41) is 12.4. The summed E-state index contributed by atoms with van der Waals surface area (Å²) in [5.41, 5.74) is 0. The highest BCUT2D eigenvalue weighted by atomic mass is 28.4. The van der Waals surface area contributed by atoms with Gasteiger partial charge in [0.05, 0.1) is 19.3 Å². The molecule has 0 bridgehead atoms. The van der Waals surface area contributed by atoms with E-state index in [4.69, 9.17) is 18.6 Å². The van der Waals surface area contributed by atoms with Gasteiger partial charge >= 0.3 is 0 Å². The van der Waals surface area contributed by atoms with Gasteiger partial charge in [-0.3, -0.25) is 0 Å². The Kier molecular flexibility index (Phi) is 6.16. The maximum absolute atomic E-state index is 10.1. The maximum Gasteiger partial charge on any atom is 0.261 e.